The first-order chi connectivity index (χ1) is 9.24. The molecule has 5 nitrogen and oxygen atoms in total. The van der Waals surface area contributed by atoms with Crippen LogP contribution in [0.25, 0.3) is 11.0 Å². The Labute approximate surface area is 111 Å². The van der Waals surface area contributed by atoms with Gasteiger partial charge < -0.3 is 15.6 Å². The zero-order chi connectivity index (χ0) is 13.2. The van der Waals surface area contributed by atoms with E-state index in [1.54, 1.807) is 12.5 Å². The minimum Gasteiger partial charge on any atom is -0.399 e. The van der Waals surface area contributed by atoms with E-state index in [0.29, 0.717) is 6.54 Å². The average molecular weight is 253 g/mol. The summed E-state index contributed by atoms with van der Waals surface area (Å²) in [7, 11) is 1.97. The number of nitrogen functional groups attached to an aromatic ring is 1. The lowest BCUT2D eigenvalue weighted by Gasteiger charge is -2.06. The van der Waals surface area contributed by atoms with Crippen LogP contribution in [0.5, 0.6) is 0 Å². The standard InChI is InChI=1S/C14H15N5/c1-19-9-18-13-12(19)6-7-16-14(13)17-8-10-2-4-11(15)5-3-10/h2-7,9H,8,15H2,1H3,(H,16,17). The maximum Gasteiger partial charge on any atom is 0.154 e. The van der Waals surface area contributed by atoms with Gasteiger partial charge in [0.25, 0.3) is 0 Å². The first kappa shape index (κ1) is 11.5. The number of anilines is 2. The zero-order valence-electron chi connectivity index (χ0n) is 10.7. The number of aryl methyl sites for hydroxylation is 1. The summed E-state index contributed by atoms with van der Waals surface area (Å²) < 4.78 is 1.98. The van der Waals surface area contributed by atoms with Crippen molar-refractivity contribution in [1.29, 1.82) is 0 Å². The fourth-order valence-electron chi connectivity index (χ4n) is 2.01. The van der Waals surface area contributed by atoms with Crippen LogP contribution >= 0.6 is 0 Å². The van der Waals surface area contributed by atoms with Crippen LogP contribution in [0.4, 0.5) is 11.5 Å². The number of hydrogen-bond acceptors (Lipinski definition) is 4. The molecule has 0 saturated heterocycles. The molecule has 0 fully saturated rings. The van der Waals surface area contributed by atoms with Crippen LogP contribution in [0.1, 0.15) is 5.56 Å². The summed E-state index contributed by atoms with van der Waals surface area (Å²) in [4.78, 5) is 8.70. The van der Waals surface area contributed by atoms with Gasteiger partial charge in [0, 0.05) is 25.5 Å². The van der Waals surface area contributed by atoms with Crippen LogP contribution < -0.4 is 11.1 Å². The van der Waals surface area contributed by atoms with Gasteiger partial charge >= 0.3 is 0 Å². The number of benzene rings is 1. The molecule has 3 aromatic rings. The van der Waals surface area contributed by atoms with Crippen LogP contribution in [-0.4, -0.2) is 14.5 Å². The Hall–Kier alpha value is -2.56. The minimum atomic E-state index is 0.697. The summed E-state index contributed by atoms with van der Waals surface area (Å²) in [6.45, 7) is 0.697. The van der Waals surface area contributed by atoms with Crippen LogP contribution in [0, 0.1) is 0 Å². The Kier molecular flexibility index (Phi) is 2.79. The van der Waals surface area contributed by atoms with Crippen molar-refractivity contribution >= 4 is 22.5 Å². The van der Waals surface area contributed by atoms with Crippen LogP contribution in [0.15, 0.2) is 42.9 Å². The number of aromatic nitrogens is 3. The van der Waals surface area contributed by atoms with Gasteiger partial charge in [0.15, 0.2) is 5.82 Å². The maximum atomic E-state index is 5.67. The number of hydrogen-bond donors (Lipinski definition) is 2. The quantitative estimate of drug-likeness (QED) is 0.702. The van der Waals surface area contributed by atoms with Crippen molar-refractivity contribution in [2.24, 2.45) is 7.05 Å². The summed E-state index contributed by atoms with van der Waals surface area (Å²) in [6, 6.07) is 9.75. The van der Waals surface area contributed by atoms with E-state index >= 15 is 0 Å². The molecule has 0 saturated carbocycles. The Balaban J connectivity index is 1.83. The van der Waals surface area contributed by atoms with Crippen molar-refractivity contribution in [2.75, 3.05) is 11.1 Å². The van der Waals surface area contributed by atoms with Gasteiger partial charge in [0.2, 0.25) is 0 Å². The number of pyridine rings is 1. The number of imidazole rings is 1. The Bertz CT molecular complexity index is 699. The average Bonchev–Trinajstić information content (AvgIpc) is 2.81. The predicted octanol–water partition coefficient (Wildman–Crippen LogP) is 2.16. The van der Waals surface area contributed by atoms with E-state index in [9.17, 15) is 0 Å². The molecular weight excluding hydrogens is 238 g/mol. The molecule has 2 aromatic heterocycles. The summed E-state index contributed by atoms with van der Waals surface area (Å²) in [5.41, 5.74) is 9.55. The van der Waals surface area contributed by atoms with Crippen LogP contribution in [-0.2, 0) is 13.6 Å². The highest BCUT2D eigenvalue weighted by Crippen LogP contribution is 2.19. The summed E-state index contributed by atoms with van der Waals surface area (Å²) in [6.07, 6.45) is 3.58. The largest absolute Gasteiger partial charge is 0.399 e. The monoisotopic (exact) mass is 253 g/mol. The van der Waals surface area contributed by atoms with Gasteiger partial charge in [-0.25, -0.2) is 9.97 Å². The van der Waals surface area contributed by atoms with Crippen molar-refractivity contribution < 1.29 is 0 Å². The Morgan fingerprint density at radius 2 is 1.95 bits per heavy atom. The van der Waals surface area contributed by atoms with E-state index in [0.717, 1.165) is 28.1 Å². The van der Waals surface area contributed by atoms with E-state index in [1.807, 2.05) is 41.9 Å². The molecule has 0 atom stereocenters. The molecule has 0 aliphatic rings. The fourth-order valence-corrected chi connectivity index (χ4v) is 2.01. The number of fused-ring (bicyclic) bond motifs is 1. The number of nitrogens with zero attached hydrogens (tertiary/aromatic N) is 3. The molecule has 1 aromatic carbocycles. The maximum absolute atomic E-state index is 5.67. The second kappa shape index (κ2) is 4.61. The SMILES string of the molecule is Cn1cnc2c(NCc3ccc(N)cc3)nccc21. The van der Waals surface area contributed by atoms with Gasteiger partial charge in [-0.2, -0.15) is 0 Å². The summed E-state index contributed by atoms with van der Waals surface area (Å²) in [5.74, 6) is 0.801. The topological polar surface area (TPSA) is 68.8 Å². The van der Waals surface area contributed by atoms with Gasteiger partial charge in [0.1, 0.15) is 5.52 Å². The third-order valence-electron chi connectivity index (χ3n) is 3.08. The second-order valence-electron chi connectivity index (χ2n) is 4.48. The van der Waals surface area contributed by atoms with Crippen molar-refractivity contribution in [2.45, 2.75) is 6.54 Å². The number of nitrogens with one attached hydrogen (secondary N) is 1. The molecule has 0 spiro atoms. The summed E-state index contributed by atoms with van der Waals surface area (Å²) >= 11 is 0. The smallest absolute Gasteiger partial charge is 0.154 e. The van der Waals surface area contributed by atoms with Gasteiger partial charge in [-0.15, -0.1) is 0 Å². The molecule has 0 amide bonds. The number of nitrogens with two attached hydrogens (primary N) is 1. The van der Waals surface area contributed by atoms with Crippen molar-refractivity contribution in [3.05, 3.63) is 48.4 Å². The number of rotatable bonds is 3. The predicted molar refractivity (Wildman–Crippen MR) is 76.7 cm³/mol. The molecule has 0 radical (unpaired) electrons. The molecular formula is C14H15N5. The third kappa shape index (κ3) is 2.22. The first-order valence-corrected chi connectivity index (χ1v) is 6.08. The van der Waals surface area contributed by atoms with Gasteiger partial charge in [-0.1, -0.05) is 12.1 Å². The highest BCUT2D eigenvalue weighted by Gasteiger charge is 2.06. The molecule has 0 aliphatic heterocycles. The lowest BCUT2D eigenvalue weighted by Crippen LogP contribution is -2.02. The Morgan fingerprint density at radius 1 is 1.16 bits per heavy atom. The molecule has 0 unspecified atom stereocenters. The fraction of sp³-hybridized carbons (Fsp3) is 0.143. The summed E-state index contributed by atoms with van der Waals surface area (Å²) in [5, 5.41) is 3.31. The van der Waals surface area contributed by atoms with E-state index < -0.39 is 0 Å². The zero-order valence-corrected chi connectivity index (χ0v) is 10.7. The van der Waals surface area contributed by atoms with Crippen molar-refractivity contribution in [3.63, 3.8) is 0 Å². The molecule has 3 rings (SSSR count). The molecule has 3 N–H and O–H groups in total. The third-order valence-corrected chi connectivity index (χ3v) is 3.08. The minimum absolute atomic E-state index is 0.697. The van der Waals surface area contributed by atoms with Crippen molar-refractivity contribution in [1.82, 2.24) is 14.5 Å². The molecule has 5 heteroatoms. The normalized spacial score (nSPS) is 10.8. The first-order valence-electron chi connectivity index (χ1n) is 6.08. The molecule has 0 aliphatic carbocycles. The van der Waals surface area contributed by atoms with Crippen LogP contribution in [0.2, 0.25) is 0 Å². The van der Waals surface area contributed by atoms with E-state index in [-0.39, 0.29) is 0 Å². The lowest BCUT2D eigenvalue weighted by atomic mass is 10.2. The molecule has 19 heavy (non-hydrogen) atoms. The van der Waals surface area contributed by atoms with E-state index in [2.05, 4.69) is 15.3 Å². The van der Waals surface area contributed by atoms with E-state index in [4.69, 9.17) is 5.73 Å². The van der Waals surface area contributed by atoms with Crippen LogP contribution in [0.3, 0.4) is 0 Å². The van der Waals surface area contributed by atoms with Gasteiger partial charge in [-0.3, -0.25) is 0 Å². The van der Waals surface area contributed by atoms with E-state index in [1.165, 1.54) is 0 Å². The Morgan fingerprint density at radius 3 is 2.74 bits per heavy atom. The second-order valence-corrected chi connectivity index (χ2v) is 4.48. The van der Waals surface area contributed by atoms with Crippen molar-refractivity contribution in [3.8, 4) is 0 Å². The van der Waals surface area contributed by atoms with Gasteiger partial charge in [-0.05, 0) is 23.8 Å². The molecule has 0 bridgehead atoms. The molecule has 2 heterocycles. The molecule has 96 valence electrons. The van der Waals surface area contributed by atoms with Gasteiger partial charge in [0.05, 0.1) is 11.8 Å². The highest BCUT2D eigenvalue weighted by atomic mass is 15.1. The highest BCUT2D eigenvalue weighted by molar-refractivity contribution is 5.85. The lowest BCUT2D eigenvalue weighted by molar-refractivity contribution is 0.947.